The maximum Gasteiger partial charge on any atom is 0.419 e. The molecule has 4 nitrogen and oxygen atoms in total. The molecular formula is C15H9F4NO3. The maximum atomic E-state index is 13.4. The van der Waals surface area contributed by atoms with Crippen LogP contribution in [0.1, 0.15) is 28.9 Å². The van der Waals surface area contributed by atoms with Gasteiger partial charge in [0.1, 0.15) is 18.0 Å². The normalized spacial score (nSPS) is 21.9. The van der Waals surface area contributed by atoms with Crippen LogP contribution in [0.5, 0.6) is 11.8 Å². The molecule has 0 radical (unpaired) electrons. The lowest BCUT2D eigenvalue weighted by Crippen LogP contribution is -2.09. The standard InChI is InChI=1S/C15H9F4NO3/c16-8-2-1-6(5-7(8)15(17,18)19)20-13(21)11-9-3-4-10(23-9)12(11)14(20)22/h1-5,9-10,21-22H/t9-,10+. The summed E-state index contributed by atoms with van der Waals surface area (Å²) in [5, 5.41) is 20.6. The van der Waals surface area contributed by atoms with Gasteiger partial charge in [-0.1, -0.05) is 12.2 Å². The van der Waals surface area contributed by atoms with Crippen LogP contribution in [0.4, 0.5) is 17.6 Å². The smallest absolute Gasteiger partial charge is 0.419 e. The number of halogens is 4. The summed E-state index contributed by atoms with van der Waals surface area (Å²) in [6.45, 7) is 0. The number of nitrogens with zero attached hydrogens (tertiary/aromatic N) is 1. The van der Waals surface area contributed by atoms with E-state index in [0.717, 1.165) is 10.6 Å². The van der Waals surface area contributed by atoms with Crippen molar-refractivity contribution in [3.05, 3.63) is 52.9 Å². The lowest BCUT2D eigenvalue weighted by atomic mass is 10.0. The Bertz CT molecular complexity index is 818. The minimum absolute atomic E-state index is 0.192. The Morgan fingerprint density at radius 3 is 2.09 bits per heavy atom. The SMILES string of the molecule is Oc1c2c(c(O)n1-c1ccc(F)c(C(F)(F)F)c1)[C@H]1C=C[C@@H]2O1. The highest BCUT2D eigenvalue weighted by Crippen LogP contribution is 2.55. The van der Waals surface area contributed by atoms with E-state index in [1.54, 1.807) is 12.2 Å². The summed E-state index contributed by atoms with van der Waals surface area (Å²) >= 11 is 0. The molecule has 2 aliphatic heterocycles. The number of fused-ring (bicyclic) bond motifs is 5. The van der Waals surface area contributed by atoms with Crippen molar-refractivity contribution in [2.75, 3.05) is 0 Å². The molecule has 3 heterocycles. The second kappa shape index (κ2) is 4.29. The van der Waals surface area contributed by atoms with Gasteiger partial charge in [-0.15, -0.1) is 0 Å². The summed E-state index contributed by atoms with van der Waals surface area (Å²) in [6, 6.07) is 2.24. The van der Waals surface area contributed by atoms with Crippen LogP contribution in [-0.4, -0.2) is 14.8 Å². The van der Waals surface area contributed by atoms with Crippen LogP contribution in [0.25, 0.3) is 5.69 Å². The van der Waals surface area contributed by atoms with Crippen LogP contribution in [-0.2, 0) is 10.9 Å². The topological polar surface area (TPSA) is 54.6 Å². The Morgan fingerprint density at radius 1 is 1.00 bits per heavy atom. The third kappa shape index (κ3) is 1.81. The number of hydrogen-bond donors (Lipinski definition) is 2. The Labute approximate surface area is 126 Å². The van der Waals surface area contributed by atoms with Gasteiger partial charge in [-0.3, -0.25) is 4.57 Å². The molecular weight excluding hydrogens is 318 g/mol. The molecule has 23 heavy (non-hydrogen) atoms. The lowest BCUT2D eigenvalue weighted by molar-refractivity contribution is -0.140. The van der Waals surface area contributed by atoms with E-state index < -0.39 is 41.5 Å². The van der Waals surface area contributed by atoms with Crippen LogP contribution in [0.2, 0.25) is 0 Å². The molecule has 4 rings (SSSR count). The molecule has 1 aromatic carbocycles. The Morgan fingerprint density at radius 2 is 1.57 bits per heavy atom. The van der Waals surface area contributed by atoms with Gasteiger partial charge in [-0.05, 0) is 18.2 Å². The third-order valence-corrected chi connectivity index (χ3v) is 4.03. The average Bonchev–Trinajstić information content (AvgIpc) is 3.13. The minimum Gasteiger partial charge on any atom is -0.494 e. The number of rotatable bonds is 1. The molecule has 2 N–H and O–H groups in total. The van der Waals surface area contributed by atoms with Gasteiger partial charge >= 0.3 is 6.18 Å². The van der Waals surface area contributed by atoms with E-state index in [0.29, 0.717) is 23.3 Å². The Hall–Kier alpha value is -2.48. The second-order valence-electron chi connectivity index (χ2n) is 5.33. The molecule has 0 spiro atoms. The van der Waals surface area contributed by atoms with Crippen molar-refractivity contribution < 1.29 is 32.5 Å². The first-order valence-corrected chi connectivity index (χ1v) is 6.66. The molecule has 8 heteroatoms. The maximum absolute atomic E-state index is 13.4. The highest BCUT2D eigenvalue weighted by atomic mass is 19.4. The Balaban J connectivity index is 1.91. The van der Waals surface area contributed by atoms with Crippen molar-refractivity contribution in [1.82, 2.24) is 4.57 Å². The predicted octanol–water partition coefficient (Wildman–Crippen LogP) is 3.73. The minimum atomic E-state index is -4.88. The van der Waals surface area contributed by atoms with E-state index in [2.05, 4.69) is 0 Å². The number of ether oxygens (including phenoxy) is 1. The van der Waals surface area contributed by atoms with Gasteiger partial charge in [0.25, 0.3) is 0 Å². The molecule has 0 saturated carbocycles. The first kappa shape index (κ1) is 14.1. The summed E-state index contributed by atoms with van der Waals surface area (Å²) in [4.78, 5) is 0. The molecule has 0 amide bonds. The van der Waals surface area contributed by atoms with Crippen molar-refractivity contribution >= 4 is 0 Å². The summed E-state index contributed by atoms with van der Waals surface area (Å²) in [7, 11) is 0. The molecule has 0 aliphatic carbocycles. The van der Waals surface area contributed by atoms with Crippen molar-refractivity contribution in [2.45, 2.75) is 18.4 Å². The molecule has 0 fully saturated rings. The first-order valence-electron chi connectivity index (χ1n) is 6.66. The summed E-state index contributed by atoms with van der Waals surface area (Å²) in [6.07, 6.45) is -2.62. The quantitative estimate of drug-likeness (QED) is 0.620. The fourth-order valence-corrected chi connectivity index (χ4v) is 3.04. The molecule has 1 aromatic heterocycles. The fraction of sp³-hybridized carbons (Fsp3) is 0.200. The summed E-state index contributed by atoms with van der Waals surface area (Å²) in [5.41, 5.74) is -1.04. The molecule has 2 atom stereocenters. The van der Waals surface area contributed by atoms with Crippen molar-refractivity contribution in [2.24, 2.45) is 0 Å². The largest absolute Gasteiger partial charge is 0.494 e. The van der Waals surface area contributed by atoms with Gasteiger partial charge in [-0.2, -0.15) is 13.2 Å². The predicted molar refractivity (Wildman–Crippen MR) is 69.8 cm³/mol. The van der Waals surface area contributed by atoms with Gasteiger partial charge in [0.15, 0.2) is 0 Å². The molecule has 0 saturated heterocycles. The van der Waals surface area contributed by atoms with Gasteiger partial charge < -0.3 is 14.9 Å². The van der Waals surface area contributed by atoms with Crippen LogP contribution in [0, 0.1) is 5.82 Å². The highest BCUT2D eigenvalue weighted by molar-refractivity contribution is 5.60. The second-order valence-corrected chi connectivity index (χ2v) is 5.33. The van der Waals surface area contributed by atoms with Crippen molar-refractivity contribution in [1.29, 1.82) is 0 Å². The zero-order valence-electron chi connectivity index (χ0n) is 11.3. The monoisotopic (exact) mass is 327 g/mol. The average molecular weight is 327 g/mol. The molecule has 2 aliphatic rings. The lowest BCUT2D eigenvalue weighted by Gasteiger charge is -2.13. The van der Waals surface area contributed by atoms with Crippen LogP contribution in [0.15, 0.2) is 30.4 Å². The number of benzene rings is 1. The van der Waals surface area contributed by atoms with E-state index in [1.165, 1.54) is 0 Å². The Kier molecular flexibility index (Phi) is 2.63. The van der Waals surface area contributed by atoms with Gasteiger partial charge in [0, 0.05) is 0 Å². The van der Waals surface area contributed by atoms with Crippen LogP contribution >= 0.6 is 0 Å². The van der Waals surface area contributed by atoms with E-state index >= 15 is 0 Å². The molecule has 0 unspecified atom stereocenters. The highest BCUT2D eigenvalue weighted by Gasteiger charge is 2.43. The first-order chi connectivity index (χ1) is 10.8. The zero-order valence-corrected chi connectivity index (χ0v) is 11.3. The van der Waals surface area contributed by atoms with Gasteiger partial charge in [0.2, 0.25) is 11.8 Å². The third-order valence-electron chi connectivity index (χ3n) is 4.03. The number of hydrogen-bond acceptors (Lipinski definition) is 3. The summed E-state index contributed by atoms with van der Waals surface area (Å²) < 4.78 is 58.2. The summed E-state index contributed by atoms with van der Waals surface area (Å²) in [5.74, 6) is -2.27. The zero-order chi connectivity index (χ0) is 16.5. The van der Waals surface area contributed by atoms with Crippen LogP contribution in [0.3, 0.4) is 0 Å². The van der Waals surface area contributed by atoms with Crippen LogP contribution < -0.4 is 0 Å². The number of alkyl halides is 3. The van der Waals surface area contributed by atoms with Crippen molar-refractivity contribution in [3.63, 3.8) is 0 Å². The van der Waals surface area contributed by atoms with E-state index in [-0.39, 0.29) is 5.69 Å². The molecule has 2 aromatic rings. The molecule has 2 bridgehead atoms. The van der Waals surface area contributed by atoms with E-state index in [9.17, 15) is 27.8 Å². The fourth-order valence-electron chi connectivity index (χ4n) is 3.04. The number of aromatic nitrogens is 1. The van der Waals surface area contributed by atoms with Gasteiger partial charge in [0.05, 0.1) is 22.4 Å². The van der Waals surface area contributed by atoms with Gasteiger partial charge in [-0.25, -0.2) is 4.39 Å². The van der Waals surface area contributed by atoms with E-state index in [1.807, 2.05) is 0 Å². The molecule has 120 valence electrons. The number of aromatic hydroxyl groups is 2. The van der Waals surface area contributed by atoms with E-state index in [4.69, 9.17) is 4.74 Å². The van der Waals surface area contributed by atoms with Crippen molar-refractivity contribution in [3.8, 4) is 17.4 Å².